The lowest BCUT2D eigenvalue weighted by molar-refractivity contribution is 0.222. The van der Waals surface area contributed by atoms with E-state index < -0.39 is 0 Å². The zero-order valence-electron chi connectivity index (χ0n) is 8.94. The van der Waals surface area contributed by atoms with Crippen LogP contribution in [0.25, 0.3) is 0 Å². The van der Waals surface area contributed by atoms with E-state index >= 15 is 0 Å². The van der Waals surface area contributed by atoms with Gasteiger partial charge in [0.05, 0.1) is 0 Å². The molecule has 0 aliphatic heterocycles. The zero-order valence-corrected chi connectivity index (χ0v) is 8.94. The summed E-state index contributed by atoms with van der Waals surface area (Å²) in [6.45, 7) is 8.21. The lowest BCUT2D eigenvalue weighted by atomic mass is 10.4. The molecule has 3 heteroatoms. The number of likely N-dealkylation sites (N-methyl/N-ethyl adjacent to an activating group) is 1. The van der Waals surface area contributed by atoms with Crippen LogP contribution in [0.3, 0.4) is 0 Å². The molecule has 78 valence electrons. The summed E-state index contributed by atoms with van der Waals surface area (Å²) in [4.78, 5) is 6.27. The number of pyridine rings is 1. The van der Waals surface area contributed by atoms with Crippen LogP contribution in [0.15, 0.2) is 24.5 Å². The second-order valence-electron chi connectivity index (χ2n) is 3.06. The van der Waals surface area contributed by atoms with Gasteiger partial charge in [-0.15, -0.1) is 0 Å². The second-order valence-corrected chi connectivity index (χ2v) is 3.06. The van der Waals surface area contributed by atoms with E-state index in [9.17, 15) is 0 Å². The first kappa shape index (κ1) is 11.0. The van der Waals surface area contributed by atoms with Crippen molar-refractivity contribution in [2.75, 3.05) is 26.2 Å². The minimum absolute atomic E-state index is 0.742. The fourth-order valence-corrected chi connectivity index (χ4v) is 1.27. The standard InChI is InChI=1S/C11H18N2O/c1-3-13(4-2)9-10-14-11-5-7-12-8-6-11/h5-8H,3-4,9-10H2,1-2H3. The topological polar surface area (TPSA) is 25.4 Å². The minimum Gasteiger partial charge on any atom is -0.492 e. The molecule has 0 fully saturated rings. The monoisotopic (exact) mass is 194 g/mol. The molecule has 0 spiro atoms. The van der Waals surface area contributed by atoms with Crippen LogP contribution in [0.1, 0.15) is 13.8 Å². The molecule has 0 aliphatic carbocycles. The molecule has 0 atom stereocenters. The van der Waals surface area contributed by atoms with Crippen molar-refractivity contribution in [2.24, 2.45) is 0 Å². The average Bonchev–Trinajstić information content (AvgIpc) is 2.26. The van der Waals surface area contributed by atoms with Crippen LogP contribution in [0.4, 0.5) is 0 Å². The molecular formula is C11H18N2O. The molecule has 1 aromatic heterocycles. The third-order valence-corrected chi connectivity index (χ3v) is 2.22. The van der Waals surface area contributed by atoms with Gasteiger partial charge in [0.15, 0.2) is 0 Å². The van der Waals surface area contributed by atoms with Crippen LogP contribution in [0, 0.1) is 0 Å². The summed E-state index contributed by atoms with van der Waals surface area (Å²) in [5, 5.41) is 0. The fourth-order valence-electron chi connectivity index (χ4n) is 1.27. The van der Waals surface area contributed by atoms with Crippen LogP contribution < -0.4 is 4.74 Å². The number of rotatable bonds is 6. The van der Waals surface area contributed by atoms with E-state index in [4.69, 9.17) is 4.74 Å². The van der Waals surface area contributed by atoms with Crippen molar-refractivity contribution in [3.63, 3.8) is 0 Å². The van der Waals surface area contributed by atoms with E-state index in [1.807, 2.05) is 12.1 Å². The quantitative estimate of drug-likeness (QED) is 0.690. The van der Waals surface area contributed by atoms with Crippen LogP contribution in [-0.4, -0.2) is 36.1 Å². The maximum Gasteiger partial charge on any atom is 0.122 e. The third kappa shape index (κ3) is 3.75. The van der Waals surface area contributed by atoms with Crippen molar-refractivity contribution >= 4 is 0 Å². The Kier molecular flexibility index (Phi) is 5.00. The van der Waals surface area contributed by atoms with Gasteiger partial charge in [0.2, 0.25) is 0 Å². The molecule has 0 aliphatic rings. The van der Waals surface area contributed by atoms with Crippen molar-refractivity contribution in [1.29, 1.82) is 0 Å². The lowest BCUT2D eigenvalue weighted by Gasteiger charge is -2.17. The Bertz CT molecular complexity index is 234. The van der Waals surface area contributed by atoms with Crippen LogP contribution in [0.5, 0.6) is 5.75 Å². The molecule has 1 rings (SSSR count). The summed E-state index contributed by atoms with van der Waals surface area (Å²) in [5.41, 5.74) is 0. The number of hydrogen-bond acceptors (Lipinski definition) is 3. The Hall–Kier alpha value is -1.09. The average molecular weight is 194 g/mol. The summed E-state index contributed by atoms with van der Waals surface area (Å²) in [6, 6.07) is 3.75. The minimum atomic E-state index is 0.742. The highest BCUT2D eigenvalue weighted by molar-refractivity contribution is 5.16. The largest absolute Gasteiger partial charge is 0.492 e. The summed E-state index contributed by atoms with van der Waals surface area (Å²) in [6.07, 6.45) is 3.49. The maximum absolute atomic E-state index is 5.56. The van der Waals surface area contributed by atoms with Gasteiger partial charge in [0.1, 0.15) is 12.4 Å². The van der Waals surface area contributed by atoms with E-state index in [1.165, 1.54) is 0 Å². The number of hydrogen-bond donors (Lipinski definition) is 0. The van der Waals surface area contributed by atoms with Gasteiger partial charge < -0.3 is 9.64 Å². The summed E-state index contributed by atoms with van der Waals surface area (Å²) < 4.78 is 5.56. The van der Waals surface area contributed by atoms with Gasteiger partial charge in [-0.1, -0.05) is 13.8 Å². The summed E-state index contributed by atoms with van der Waals surface area (Å²) in [7, 11) is 0. The molecule has 1 heterocycles. The predicted molar refractivity (Wildman–Crippen MR) is 57.5 cm³/mol. The SMILES string of the molecule is CCN(CC)CCOc1ccncc1. The molecule has 1 aromatic rings. The molecule has 0 saturated carbocycles. The van der Waals surface area contributed by atoms with Gasteiger partial charge in [-0.3, -0.25) is 4.98 Å². The van der Waals surface area contributed by atoms with Gasteiger partial charge in [0.25, 0.3) is 0 Å². The molecule has 0 aromatic carbocycles. The van der Waals surface area contributed by atoms with E-state index in [2.05, 4.69) is 23.7 Å². The first-order valence-corrected chi connectivity index (χ1v) is 5.12. The van der Waals surface area contributed by atoms with Crippen molar-refractivity contribution in [1.82, 2.24) is 9.88 Å². The highest BCUT2D eigenvalue weighted by atomic mass is 16.5. The molecular weight excluding hydrogens is 176 g/mol. The molecule has 0 saturated heterocycles. The Morgan fingerprint density at radius 3 is 2.43 bits per heavy atom. The van der Waals surface area contributed by atoms with Gasteiger partial charge in [-0.2, -0.15) is 0 Å². The molecule has 0 unspecified atom stereocenters. The molecule has 3 nitrogen and oxygen atoms in total. The highest BCUT2D eigenvalue weighted by Crippen LogP contribution is 2.06. The van der Waals surface area contributed by atoms with Gasteiger partial charge in [0, 0.05) is 18.9 Å². The van der Waals surface area contributed by atoms with E-state index in [0.717, 1.165) is 32.0 Å². The third-order valence-electron chi connectivity index (χ3n) is 2.22. The van der Waals surface area contributed by atoms with Crippen molar-refractivity contribution in [3.8, 4) is 5.75 Å². The van der Waals surface area contributed by atoms with E-state index in [-0.39, 0.29) is 0 Å². The number of ether oxygens (including phenoxy) is 1. The van der Waals surface area contributed by atoms with Gasteiger partial charge in [-0.25, -0.2) is 0 Å². The predicted octanol–water partition coefficient (Wildman–Crippen LogP) is 1.80. The Labute approximate surface area is 85.7 Å². The summed E-state index contributed by atoms with van der Waals surface area (Å²) >= 11 is 0. The first-order chi connectivity index (χ1) is 6.86. The van der Waals surface area contributed by atoms with Crippen molar-refractivity contribution in [2.45, 2.75) is 13.8 Å². The Balaban J connectivity index is 2.21. The van der Waals surface area contributed by atoms with Gasteiger partial charge in [-0.05, 0) is 25.2 Å². The summed E-state index contributed by atoms with van der Waals surface area (Å²) in [5.74, 6) is 0.896. The van der Waals surface area contributed by atoms with Gasteiger partial charge >= 0.3 is 0 Å². The number of aromatic nitrogens is 1. The first-order valence-electron chi connectivity index (χ1n) is 5.12. The molecule has 0 amide bonds. The Morgan fingerprint density at radius 1 is 1.21 bits per heavy atom. The molecule has 0 radical (unpaired) electrons. The van der Waals surface area contributed by atoms with E-state index in [1.54, 1.807) is 12.4 Å². The molecule has 14 heavy (non-hydrogen) atoms. The molecule has 0 bridgehead atoms. The second kappa shape index (κ2) is 6.38. The Morgan fingerprint density at radius 2 is 1.86 bits per heavy atom. The molecule has 0 N–H and O–H groups in total. The van der Waals surface area contributed by atoms with Crippen LogP contribution >= 0.6 is 0 Å². The number of nitrogens with zero attached hydrogens (tertiary/aromatic N) is 2. The smallest absolute Gasteiger partial charge is 0.122 e. The zero-order chi connectivity index (χ0) is 10.2. The highest BCUT2D eigenvalue weighted by Gasteiger charge is 1.98. The maximum atomic E-state index is 5.56. The van der Waals surface area contributed by atoms with E-state index in [0.29, 0.717) is 0 Å². The van der Waals surface area contributed by atoms with Crippen molar-refractivity contribution < 1.29 is 4.74 Å². The fraction of sp³-hybridized carbons (Fsp3) is 0.545. The van der Waals surface area contributed by atoms with Crippen LogP contribution in [0.2, 0.25) is 0 Å². The van der Waals surface area contributed by atoms with Crippen LogP contribution in [-0.2, 0) is 0 Å². The lowest BCUT2D eigenvalue weighted by Crippen LogP contribution is -2.27. The van der Waals surface area contributed by atoms with Crippen molar-refractivity contribution in [3.05, 3.63) is 24.5 Å². The normalized spacial score (nSPS) is 10.5.